The van der Waals surface area contributed by atoms with Crippen molar-refractivity contribution < 1.29 is 13.9 Å². The van der Waals surface area contributed by atoms with Crippen LogP contribution in [0.25, 0.3) is 0 Å². The Hall–Kier alpha value is -1.00. The highest BCUT2D eigenvalue weighted by Crippen LogP contribution is 2.22. The summed E-state index contributed by atoms with van der Waals surface area (Å²) >= 11 is 0. The van der Waals surface area contributed by atoms with Crippen LogP contribution in [-0.4, -0.2) is 18.3 Å². The SMILES string of the molecule is CC(C)(CCCO)CNCc1cccc(C(F)F)c1. The largest absolute Gasteiger partial charge is 0.396 e. The van der Waals surface area contributed by atoms with Gasteiger partial charge in [-0.15, -0.1) is 0 Å². The molecule has 19 heavy (non-hydrogen) atoms. The molecule has 0 atom stereocenters. The van der Waals surface area contributed by atoms with Crippen LogP contribution in [0.3, 0.4) is 0 Å². The van der Waals surface area contributed by atoms with E-state index in [1.165, 1.54) is 6.07 Å². The minimum absolute atomic E-state index is 0.0684. The van der Waals surface area contributed by atoms with Crippen molar-refractivity contribution in [1.82, 2.24) is 5.32 Å². The van der Waals surface area contributed by atoms with E-state index in [2.05, 4.69) is 19.2 Å². The Morgan fingerprint density at radius 3 is 2.68 bits per heavy atom. The molecule has 2 nitrogen and oxygen atoms in total. The molecule has 0 radical (unpaired) electrons. The van der Waals surface area contributed by atoms with Crippen molar-refractivity contribution in [2.24, 2.45) is 5.41 Å². The summed E-state index contributed by atoms with van der Waals surface area (Å²) in [4.78, 5) is 0. The zero-order valence-electron chi connectivity index (χ0n) is 11.6. The predicted octanol–water partition coefficient (Wildman–Crippen LogP) is 3.51. The van der Waals surface area contributed by atoms with Gasteiger partial charge < -0.3 is 10.4 Å². The summed E-state index contributed by atoms with van der Waals surface area (Å²) in [6.45, 7) is 5.85. The summed E-state index contributed by atoms with van der Waals surface area (Å²) < 4.78 is 25.1. The van der Waals surface area contributed by atoms with Gasteiger partial charge in [0.15, 0.2) is 0 Å². The third kappa shape index (κ3) is 6.12. The van der Waals surface area contributed by atoms with Gasteiger partial charge in [-0.3, -0.25) is 0 Å². The van der Waals surface area contributed by atoms with Crippen molar-refractivity contribution in [2.75, 3.05) is 13.2 Å². The van der Waals surface area contributed by atoms with Gasteiger partial charge >= 0.3 is 0 Å². The first kappa shape index (κ1) is 16.1. The Morgan fingerprint density at radius 2 is 2.05 bits per heavy atom. The van der Waals surface area contributed by atoms with E-state index < -0.39 is 6.43 Å². The van der Waals surface area contributed by atoms with Gasteiger partial charge in [-0.25, -0.2) is 8.78 Å². The van der Waals surface area contributed by atoms with Crippen LogP contribution in [0.2, 0.25) is 0 Å². The van der Waals surface area contributed by atoms with Crippen LogP contribution in [-0.2, 0) is 6.54 Å². The molecule has 1 aromatic rings. The second-order valence-corrected chi connectivity index (χ2v) is 5.64. The fourth-order valence-electron chi connectivity index (χ4n) is 2.03. The highest BCUT2D eigenvalue weighted by molar-refractivity contribution is 5.24. The van der Waals surface area contributed by atoms with Crippen molar-refractivity contribution in [3.63, 3.8) is 0 Å². The van der Waals surface area contributed by atoms with E-state index in [-0.39, 0.29) is 17.6 Å². The lowest BCUT2D eigenvalue weighted by atomic mass is 9.88. The van der Waals surface area contributed by atoms with E-state index in [9.17, 15) is 8.78 Å². The zero-order chi connectivity index (χ0) is 14.3. The molecule has 0 unspecified atom stereocenters. The maximum Gasteiger partial charge on any atom is 0.263 e. The topological polar surface area (TPSA) is 32.3 Å². The lowest BCUT2D eigenvalue weighted by Crippen LogP contribution is -2.29. The van der Waals surface area contributed by atoms with E-state index in [1.807, 2.05) is 6.07 Å². The molecule has 1 rings (SSSR count). The van der Waals surface area contributed by atoms with Crippen LogP contribution in [0.5, 0.6) is 0 Å². The maximum absolute atomic E-state index is 12.6. The molecule has 0 aliphatic heterocycles. The summed E-state index contributed by atoms with van der Waals surface area (Å²) in [6, 6.07) is 6.49. The van der Waals surface area contributed by atoms with Crippen LogP contribution < -0.4 is 5.32 Å². The highest BCUT2D eigenvalue weighted by Gasteiger charge is 2.16. The Kier molecular flexibility index (Phi) is 6.38. The maximum atomic E-state index is 12.6. The van der Waals surface area contributed by atoms with E-state index in [0.29, 0.717) is 6.54 Å². The van der Waals surface area contributed by atoms with Gasteiger partial charge in [0.1, 0.15) is 0 Å². The quantitative estimate of drug-likeness (QED) is 0.758. The third-order valence-corrected chi connectivity index (χ3v) is 3.15. The van der Waals surface area contributed by atoms with Crippen LogP contribution >= 0.6 is 0 Å². The molecule has 0 aliphatic carbocycles. The minimum Gasteiger partial charge on any atom is -0.396 e. The predicted molar refractivity (Wildman–Crippen MR) is 73.2 cm³/mol. The first-order valence-electron chi connectivity index (χ1n) is 6.63. The van der Waals surface area contributed by atoms with E-state index >= 15 is 0 Å². The Morgan fingerprint density at radius 1 is 1.32 bits per heavy atom. The van der Waals surface area contributed by atoms with Gasteiger partial charge in [-0.2, -0.15) is 0 Å². The second-order valence-electron chi connectivity index (χ2n) is 5.64. The second kappa shape index (κ2) is 7.56. The summed E-state index contributed by atoms with van der Waals surface area (Å²) in [5, 5.41) is 12.1. The van der Waals surface area contributed by atoms with Gasteiger partial charge in [0, 0.05) is 25.3 Å². The molecule has 108 valence electrons. The van der Waals surface area contributed by atoms with Crippen molar-refractivity contribution in [2.45, 2.75) is 39.7 Å². The number of hydrogen-bond acceptors (Lipinski definition) is 2. The van der Waals surface area contributed by atoms with Crippen LogP contribution in [0.4, 0.5) is 8.78 Å². The number of benzene rings is 1. The van der Waals surface area contributed by atoms with Crippen molar-refractivity contribution in [3.05, 3.63) is 35.4 Å². The molecular weight excluding hydrogens is 248 g/mol. The summed E-state index contributed by atoms with van der Waals surface area (Å²) in [5.74, 6) is 0. The van der Waals surface area contributed by atoms with Gasteiger partial charge in [0.05, 0.1) is 0 Å². The Labute approximate surface area is 113 Å². The van der Waals surface area contributed by atoms with Crippen molar-refractivity contribution in [3.8, 4) is 0 Å². The zero-order valence-corrected chi connectivity index (χ0v) is 11.6. The first-order chi connectivity index (χ1) is 8.94. The normalized spacial score (nSPS) is 12.1. The van der Waals surface area contributed by atoms with Crippen LogP contribution in [0.1, 0.15) is 44.2 Å². The van der Waals surface area contributed by atoms with Gasteiger partial charge in [0.2, 0.25) is 0 Å². The smallest absolute Gasteiger partial charge is 0.263 e. The summed E-state index contributed by atoms with van der Waals surface area (Å²) in [6.07, 6.45) is -0.690. The molecule has 0 heterocycles. The Balaban J connectivity index is 2.42. The van der Waals surface area contributed by atoms with Crippen molar-refractivity contribution in [1.29, 1.82) is 0 Å². The molecule has 1 aromatic carbocycles. The number of hydrogen-bond donors (Lipinski definition) is 2. The number of aliphatic hydroxyl groups is 1. The average Bonchev–Trinajstić information content (AvgIpc) is 2.36. The lowest BCUT2D eigenvalue weighted by molar-refractivity contribution is 0.151. The minimum atomic E-state index is -2.42. The van der Waals surface area contributed by atoms with Gasteiger partial charge in [0.25, 0.3) is 6.43 Å². The van der Waals surface area contributed by atoms with Crippen LogP contribution in [0, 0.1) is 5.41 Å². The molecule has 0 fully saturated rings. The van der Waals surface area contributed by atoms with Crippen molar-refractivity contribution >= 4 is 0 Å². The van der Waals surface area contributed by atoms with Gasteiger partial charge in [-0.05, 0) is 29.9 Å². The molecule has 0 amide bonds. The fraction of sp³-hybridized carbons (Fsp3) is 0.600. The first-order valence-corrected chi connectivity index (χ1v) is 6.63. The molecule has 2 N–H and O–H groups in total. The number of nitrogens with one attached hydrogen (secondary N) is 1. The highest BCUT2D eigenvalue weighted by atomic mass is 19.3. The molecule has 0 saturated heterocycles. The van der Waals surface area contributed by atoms with E-state index in [4.69, 9.17) is 5.11 Å². The molecule has 0 saturated carbocycles. The lowest BCUT2D eigenvalue weighted by Gasteiger charge is -2.24. The van der Waals surface area contributed by atoms with E-state index in [0.717, 1.165) is 24.9 Å². The molecule has 0 aromatic heterocycles. The fourth-order valence-corrected chi connectivity index (χ4v) is 2.03. The van der Waals surface area contributed by atoms with Crippen LogP contribution in [0.15, 0.2) is 24.3 Å². The summed E-state index contributed by atoms with van der Waals surface area (Å²) in [5.41, 5.74) is 1.04. The molecular formula is C15H23F2NO. The Bertz CT molecular complexity index is 380. The number of rotatable bonds is 8. The number of aliphatic hydroxyl groups excluding tert-OH is 1. The summed E-state index contributed by atoms with van der Waals surface area (Å²) in [7, 11) is 0. The number of halogens is 2. The standard InChI is InChI=1S/C15H23F2NO/c1-15(2,7-4-8-19)11-18-10-12-5-3-6-13(9-12)14(16)17/h3,5-6,9,14,18-19H,4,7-8,10-11H2,1-2H3. The molecule has 4 heteroatoms. The molecule has 0 aliphatic rings. The van der Waals surface area contributed by atoms with Gasteiger partial charge in [-0.1, -0.05) is 32.0 Å². The molecule has 0 spiro atoms. The monoisotopic (exact) mass is 271 g/mol. The number of alkyl halides is 2. The van der Waals surface area contributed by atoms with E-state index in [1.54, 1.807) is 12.1 Å². The molecule has 0 bridgehead atoms. The third-order valence-electron chi connectivity index (χ3n) is 3.15. The average molecular weight is 271 g/mol.